The Kier molecular flexibility index (Phi) is 8.22. The van der Waals surface area contributed by atoms with Gasteiger partial charge in [-0.15, -0.1) is 0 Å². The predicted octanol–water partition coefficient (Wildman–Crippen LogP) is 0.388. The third kappa shape index (κ3) is 5.95. The van der Waals surface area contributed by atoms with Crippen LogP contribution in [0.1, 0.15) is 25.7 Å². The third-order valence-electron chi connectivity index (χ3n) is 4.50. The first kappa shape index (κ1) is 19.1. The molecule has 2 aliphatic rings. The van der Waals surface area contributed by atoms with Crippen LogP contribution < -0.4 is 0 Å². The van der Waals surface area contributed by atoms with Gasteiger partial charge in [-0.05, 0) is 25.8 Å². The van der Waals surface area contributed by atoms with Crippen molar-refractivity contribution in [3.05, 3.63) is 0 Å². The van der Waals surface area contributed by atoms with E-state index in [-0.39, 0.29) is 0 Å². The quantitative estimate of drug-likeness (QED) is 0.593. The number of ether oxygens (including phenoxy) is 2. The molecule has 136 valence electrons. The first-order valence-electron chi connectivity index (χ1n) is 8.69. The fourth-order valence-electron chi connectivity index (χ4n) is 3.10. The van der Waals surface area contributed by atoms with Gasteiger partial charge < -0.3 is 9.47 Å². The molecule has 0 bridgehead atoms. The van der Waals surface area contributed by atoms with E-state index in [1.54, 1.807) is 15.7 Å². The van der Waals surface area contributed by atoms with Gasteiger partial charge in [-0.3, -0.25) is 4.90 Å². The molecule has 0 aromatic heterocycles. The van der Waals surface area contributed by atoms with Crippen molar-refractivity contribution in [2.75, 3.05) is 72.7 Å². The summed E-state index contributed by atoms with van der Waals surface area (Å²) >= 11 is 0. The molecule has 0 spiro atoms. The van der Waals surface area contributed by atoms with Gasteiger partial charge in [-0.1, -0.05) is 6.42 Å². The molecule has 23 heavy (non-hydrogen) atoms. The summed E-state index contributed by atoms with van der Waals surface area (Å²) in [6.45, 7) is 7.01. The van der Waals surface area contributed by atoms with Crippen molar-refractivity contribution in [1.29, 1.82) is 0 Å². The lowest BCUT2D eigenvalue weighted by Crippen LogP contribution is -2.47. The molecule has 0 atom stereocenters. The third-order valence-corrected chi connectivity index (χ3v) is 6.53. The lowest BCUT2D eigenvalue weighted by molar-refractivity contribution is 0.0579. The molecule has 0 unspecified atom stereocenters. The Bertz CT molecular complexity index is 426. The van der Waals surface area contributed by atoms with Gasteiger partial charge in [0, 0.05) is 46.4 Å². The van der Waals surface area contributed by atoms with E-state index in [1.165, 1.54) is 0 Å². The normalized spacial score (nSPS) is 23.0. The molecule has 2 saturated heterocycles. The van der Waals surface area contributed by atoms with Gasteiger partial charge in [0.2, 0.25) is 0 Å². The highest BCUT2D eigenvalue weighted by Gasteiger charge is 2.31. The van der Waals surface area contributed by atoms with Gasteiger partial charge in [0.1, 0.15) is 0 Å². The number of nitrogens with zero attached hydrogens (tertiary/aromatic N) is 3. The van der Waals surface area contributed by atoms with E-state index in [9.17, 15) is 8.42 Å². The molecule has 2 heterocycles. The fraction of sp³-hybridized carbons (Fsp3) is 1.00. The van der Waals surface area contributed by atoms with Crippen LogP contribution in [0.2, 0.25) is 0 Å². The summed E-state index contributed by atoms with van der Waals surface area (Å²) in [6.07, 6.45) is 3.99. The smallest absolute Gasteiger partial charge is 0.282 e. The molecule has 8 heteroatoms. The lowest BCUT2D eigenvalue weighted by Gasteiger charge is -2.31. The molecule has 2 aliphatic heterocycles. The van der Waals surface area contributed by atoms with E-state index < -0.39 is 10.2 Å². The largest absolute Gasteiger partial charge is 0.382 e. The Morgan fingerprint density at radius 2 is 1.48 bits per heavy atom. The van der Waals surface area contributed by atoms with Crippen molar-refractivity contribution >= 4 is 10.2 Å². The number of rotatable bonds is 8. The molecule has 7 nitrogen and oxygen atoms in total. The summed E-state index contributed by atoms with van der Waals surface area (Å²) in [5.74, 6) is 0. The molecule has 0 radical (unpaired) electrons. The second-order valence-corrected chi connectivity index (χ2v) is 8.10. The Morgan fingerprint density at radius 1 is 0.783 bits per heavy atom. The number of methoxy groups -OCH3 is 1. The molecule has 2 rings (SSSR count). The Balaban J connectivity index is 1.76. The molecular formula is C15H31N3O4S. The first-order valence-corrected chi connectivity index (χ1v) is 10.1. The van der Waals surface area contributed by atoms with Crippen LogP contribution in [-0.4, -0.2) is 94.7 Å². The first-order chi connectivity index (χ1) is 11.1. The molecule has 0 saturated carbocycles. The number of hydrogen-bond donors (Lipinski definition) is 0. The van der Waals surface area contributed by atoms with Gasteiger partial charge in [0.25, 0.3) is 10.2 Å². The van der Waals surface area contributed by atoms with Gasteiger partial charge in [0.05, 0.1) is 19.8 Å². The summed E-state index contributed by atoms with van der Waals surface area (Å²) < 4.78 is 39.2. The van der Waals surface area contributed by atoms with E-state index in [1.807, 2.05) is 0 Å². The summed E-state index contributed by atoms with van der Waals surface area (Å²) in [6, 6.07) is 0. The maximum Gasteiger partial charge on any atom is 0.282 e. The summed E-state index contributed by atoms with van der Waals surface area (Å²) in [7, 11) is -1.61. The highest BCUT2D eigenvalue weighted by molar-refractivity contribution is 7.86. The highest BCUT2D eigenvalue weighted by Crippen LogP contribution is 2.18. The lowest BCUT2D eigenvalue weighted by atomic mass is 10.2. The van der Waals surface area contributed by atoms with Crippen molar-refractivity contribution in [3.63, 3.8) is 0 Å². The van der Waals surface area contributed by atoms with Crippen molar-refractivity contribution in [1.82, 2.24) is 13.5 Å². The van der Waals surface area contributed by atoms with Crippen LogP contribution in [0.25, 0.3) is 0 Å². The van der Waals surface area contributed by atoms with Crippen LogP contribution >= 0.6 is 0 Å². The Hall–Kier alpha value is -0.250. The zero-order chi connectivity index (χ0) is 16.5. The van der Waals surface area contributed by atoms with Gasteiger partial charge in [-0.25, -0.2) is 0 Å². The van der Waals surface area contributed by atoms with Crippen molar-refractivity contribution < 1.29 is 17.9 Å². The monoisotopic (exact) mass is 349 g/mol. The Morgan fingerprint density at radius 3 is 2.22 bits per heavy atom. The number of piperidine rings is 1. The van der Waals surface area contributed by atoms with Crippen LogP contribution in [-0.2, 0) is 19.7 Å². The van der Waals surface area contributed by atoms with Crippen molar-refractivity contribution in [3.8, 4) is 0 Å². The molecular weight excluding hydrogens is 318 g/mol. The second-order valence-electron chi connectivity index (χ2n) is 6.17. The minimum Gasteiger partial charge on any atom is -0.382 e. The average molecular weight is 349 g/mol. The van der Waals surface area contributed by atoms with Crippen LogP contribution in [0.3, 0.4) is 0 Å². The van der Waals surface area contributed by atoms with Crippen molar-refractivity contribution in [2.24, 2.45) is 0 Å². The summed E-state index contributed by atoms with van der Waals surface area (Å²) in [4.78, 5) is 2.29. The van der Waals surface area contributed by atoms with Crippen LogP contribution in [0, 0.1) is 0 Å². The molecule has 0 aromatic rings. The minimum absolute atomic E-state index is 0.580. The average Bonchev–Trinajstić information content (AvgIpc) is 2.82. The highest BCUT2D eigenvalue weighted by atomic mass is 32.2. The minimum atomic E-state index is -3.27. The predicted molar refractivity (Wildman–Crippen MR) is 89.7 cm³/mol. The van der Waals surface area contributed by atoms with Gasteiger partial charge in [0.15, 0.2) is 0 Å². The van der Waals surface area contributed by atoms with E-state index >= 15 is 0 Å². The van der Waals surface area contributed by atoms with Crippen LogP contribution in [0.15, 0.2) is 0 Å². The molecule has 0 aromatic carbocycles. The maximum absolute atomic E-state index is 12.7. The molecule has 0 aliphatic carbocycles. The zero-order valence-electron chi connectivity index (χ0n) is 14.3. The SMILES string of the molecule is COCCOCCN1CCCN(S(=O)(=O)N2CCCCC2)CC1. The topological polar surface area (TPSA) is 62.3 Å². The summed E-state index contributed by atoms with van der Waals surface area (Å²) in [5, 5.41) is 0. The Labute approximate surface area is 140 Å². The van der Waals surface area contributed by atoms with Crippen LogP contribution in [0.5, 0.6) is 0 Å². The van der Waals surface area contributed by atoms with Crippen LogP contribution in [0.4, 0.5) is 0 Å². The molecule has 0 amide bonds. The van der Waals surface area contributed by atoms with E-state index in [4.69, 9.17) is 9.47 Å². The second kappa shape index (κ2) is 9.90. The number of hydrogen-bond acceptors (Lipinski definition) is 5. The van der Waals surface area contributed by atoms with Crippen molar-refractivity contribution in [2.45, 2.75) is 25.7 Å². The van der Waals surface area contributed by atoms with E-state index in [2.05, 4.69) is 4.90 Å². The van der Waals surface area contributed by atoms with Gasteiger partial charge in [-0.2, -0.15) is 17.0 Å². The zero-order valence-corrected chi connectivity index (χ0v) is 15.1. The maximum atomic E-state index is 12.7. The molecule has 2 fully saturated rings. The molecule has 0 N–H and O–H groups in total. The van der Waals surface area contributed by atoms with E-state index in [0.717, 1.165) is 45.3 Å². The van der Waals surface area contributed by atoms with E-state index in [0.29, 0.717) is 46.0 Å². The standard InChI is InChI=1S/C15H31N3O4S/c1-21-14-15-22-13-12-16-6-5-9-18(11-10-16)23(19,20)17-7-3-2-4-8-17/h2-15H2,1H3. The van der Waals surface area contributed by atoms with Gasteiger partial charge >= 0.3 is 0 Å². The summed E-state index contributed by atoms with van der Waals surface area (Å²) in [5.41, 5.74) is 0. The fourth-order valence-corrected chi connectivity index (χ4v) is 4.82.